The summed E-state index contributed by atoms with van der Waals surface area (Å²) in [4.78, 5) is 29.2. The van der Waals surface area contributed by atoms with Gasteiger partial charge >= 0.3 is 0 Å². The van der Waals surface area contributed by atoms with Crippen molar-refractivity contribution in [3.05, 3.63) is 57.7 Å². The minimum absolute atomic E-state index is 0.0240. The van der Waals surface area contributed by atoms with Crippen molar-refractivity contribution in [3.8, 4) is 0 Å². The van der Waals surface area contributed by atoms with Gasteiger partial charge in [0.2, 0.25) is 11.7 Å². The Morgan fingerprint density at radius 2 is 2.17 bits per heavy atom. The van der Waals surface area contributed by atoms with E-state index in [1.165, 1.54) is 11.3 Å². The minimum atomic E-state index is -0.0635. The van der Waals surface area contributed by atoms with Crippen LogP contribution in [0.3, 0.4) is 0 Å². The Bertz CT molecular complexity index is 1190. The van der Waals surface area contributed by atoms with Gasteiger partial charge in [-0.1, -0.05) is 19.4 Å². The second-order valence-corrected chi connectivity index (χ2v) is 7.75. The van der Waals surface area contributed by atoms with Crippen LogP contribution in [0.5, 0.6) is 0 Å². The average molecular weight is 411 g/mol. The fourth-order valence-electron chi connectivity index (χ4n) is 3.28. The third kappa shape index (κ3) is 3.91. The maximum atomic E-state index is 12.8. The van der Waals surface area contributed by atoms with Gasteiger partial charge in [-0.3, -0.25) is 23.5 Å². The highest BCUT2D eigenvalue weighted by molar-refractivity contribution is 7.17. The molecule has 1 amide bonds. The maximum Gasteiger partial charge on any atom is 0.272 e. The number of amides is 1. The number of aryl methyl sites for hydroxylation is 2. The Morgan fingerprint density at radius 1 is 1.28 bits per heavy atom. The fourth-order valence-corrected chi connectivity index (χ4v) is 4.10. The van der Waals surface area contributed by atoms with Crippen molar-refractivity contribution in [2.75, 3.05) is 0 Å². The van der Waals surface area contributed by atoms with Crippen LogP contribution in [0.25, 0.3) is 16.0 Å². The first-order chi connectivity index (χ1) is 14.2. The number of pyridine rings is 1. The average Bonchev–Trinajstić information content (AvgIpc) is 3.38. The predicted molar refractivity (Wildman–Crippen MR) is 112 cm³/mol. The highest BCUT2D eigenvalue weighted by Crippen LogP contribution is 2.20. The van der Waals surface area contributed by atoms with Gasteiger partial charge in [-0.2, -0.15) is 0 Å². The number of carbonyl (C=O) groups is 1. The van der Waals surface area contributed by atoms with Crippen LogP contribution in [0.15, 0.2) is 40.8 Å². The summed E-state index contributed by atoms with van der Waals surface area (Å²) in [5.41, 5.74) is 1.73. The molecule has 8 nitrogen and oxygen atoms in total. The maximum absolute atomic E-state index is 12.8. The molecule has 0 aromatic carbocycles. The number of unbranched alkanes of at least 4 members (excludes halogenated alkanes) is 1. The number of nitrogens with zero attached hydrogens (tertiary/aromatic N) is 5. The smallest absolute Gasteiger partial charge is 0.272 e. The molecule has 0 aliphatic rings. The van der Waals surface area contributed by atoms with Gasteiger partial charge in [0.25, 0.3) is 5.56 Å². The molecule has 0 saturated heterocycles. The summed E-state index contributed by atoms with van der Waals surface area (Å²) in [7, 11) is 0. The van der Waals surface area contributed by atoms with Gasteiger partial charge in [0.15, 0.2) is 0 Å². The van der Waals surface area contributed by atoms with E-state index in [-0.39, 0.29) is 11.5 Å². The van der Waals surface area contributed by atoms with Gasteiger partial charge in [-0.25, -0.2) is 0 Å². The lowest BCUT2D eigenvalue weighted by atomic mass is 10.2. The molecule has 0 atom stereocenters. The summed E-state index contributed by atoms with van der Waals surface area (Å²) in [6.07, 6.45) is 6.05. The summed E-state index contributed by atoms with van der Waals surface area (Å²) in [6.45, 7) is 3.14. The lowest BCUT2D eigenvalue weighted by molar-refractivity contribution is -0.121. The van der Waals surface area contributed by atoms with Gasteiger partial charge in [-0.15, -0.1) is 21.5 Å². The second kappa shape index (κ2) is 8.52. The first-order valence-corrected chi connectivity index (χ1v) is 10.6. The molecule has 0 bridgehead atoms. The third-order valence-electron chi connectivity index (χ3n) is 4.80. The fraction of sp³-hybridized carbons (Fsp3) is 0.350. The Hall–Kier alpha value is -3.07. The van der Waals surface area contributed by atoms with Crippen LogP contribution < -0.4 is 10.9 Å². The van der Waals surface area contributed by atoms with E-state index in [2.05, 4.69) is 27.4 Å². The number of aromatic nitrogens is 5. The molecule has 0 fully saturated rings. The standard InChI is InChI=1S/C20H22N6O2S/c1-2-3-10-25-19(28)18-15(8-11-29-18)26-16(23-24-20(25)26)6-7-17(27)22-13-14-5-4-9-21-12-14/h4-5,8-9,11-12H,2-3,6-7,10,13H2,1H3,(H,22,27). The highest BCUT2D eigenvalue weighted by Gasteiger charge is 2.17. The molecule has 1 N–H and O–H groups in total. The monoisotopic (exact) mass is 410 g/mol. The second-order valence-electron chi connectivity index (χ2n) is 6.83. The molecule has 4 aromatic heterocycles. The number of nitrogens with one attached hydrogen (secondary N) is 1. The molecule has 0 aliphatic carbocycles. The summed E-state index contributed by atoms with van der Waals surface area (Å²) in [5.74, 6) is 1.16. The first-order valence-electron chi connectivity index (χ1n) is 9.68. The zero-order chi connectivity index (χ0) is 20.2. The molecular formula is C20H22N6O2S. The van der Waals surface area contributed by atoms with E-state index in [1.54, 1.807) is 17.0 Å². The zero-order valence-corrected chi connectivity index (χ0v) is 17.0. The quantitative estimate of drug-likeness (QED) is 0.482. The van der Waals surface area contributed by atoms with Gasteiger partial charge < -0.3 is 5.32 Å². The lowest BCUT2D eigenvalue weighted by Gasteiger charge is -2.09. The zero-order valence-electron chi connectivity index (χ0n) is 16.2. The number of fused-ring (bicyclic) bond motifs is 3. The molecule has 150 valence electrons. The van der Waals surface area contributed by atoms with Crippen LogP contribution in [0.2, 0.25) is 0 Å². The molecular weight excluding hydrogens is 388 g/mol. The minimum Gasteiger partial charge on any atom is -0.352 e. The van der Waals surface area contributed by atoms with Gasteiger partial charge in [0, 0.05) is 38.3 Å². The molecule has 0 spiro atoms. The van der Waals surface area contributed by atoms with Gasteiger partial charge in [-0.05, 0) is 29.5 Å². The van der Waals surface area contributed by atoms with E-state index >= 15 is 0 Å². The van der Waals surface area contributed by atoms with E-state index in [0.29, 0.717) is 42.2 Å². The summed E-state index contributed by atoms with van der Waals surface area (Å²) >= 11 is 1.42. The van der Waals surface area contributed by atoms with Crippen molar-refractivity contribution in [2.45, 2.75) is 45.7 Å². The van der Waals surface area contributed by atoms with E-state index < -0.39 is 0 Å². The number of thiophene rings is 1. The number of hydrogen-bond acceptors (Lipinski definition) is 6. The number of carbonyl (C=O) groups excluding carboxylic acids is 1. The molecule has 4 heterocycles. The van der Waals surface area contributed by atoms with Crippen molar-refractivity contribution in [1.29, 1.82) is 0 Å². The lowest BCUT2D eigenvalue weighted by Crippen LogP contribution is -2.24. The van der Waals surface area contributed by atoms with Crippen molar-refractivity contribution in [2.24, 2.45) is 0 Å². The molecule has 0 aliphatic heterocycles. The van der Waals surface area contributed by atoms with Crippen LogP contribution in [-0.4, -0.2) is 30.1 Å². The Labute approximate surface area is 171 Å². The van der Waals surface area contributed by atoms with E-state index in [4.69, 9.17) is 0 Å². The normalized spacial score (nSPS) is 11.3. The topological polar surface area (TPSA) is 94.2 Å². The molecule has 4 aromatic rings. The number of rotatable bonds is 8. The highest BCUT2D eigenvalue weighted by atomic mass is 32.1. The van der Waals surface area contributed by atoms with Crippen molar-refractivity contribution < 1.29 is 4.79 Å². The van der Waals surface area contributed by atoms with Crippen LogP contribution in [0.4, 0.5) is 0 Å². The van der Waals surface area contributed by atoms with Crippen LogP contribution in [-0.2, 0) is 24.3 Å². The Kier molecular flexibility index (Phi) is 5.66. The summed E-state index contributed by atoms with van der Waals surface area (Å²) in [6, 6.07) is 5.67. The van der Waals surface area contributed by atoms with Crippen LogP contribution in [0.1, 0.15) is 37.6 Å². The molecule has 0 saturated carbocycles. The van der Waals surface area contributed by atoms with E-state index in [9.17, 15) is 9.59 Å². The molecule has 9 heteroatoms. The Morgan fingerprint density at radius 3 is 2.97 bits per heavy atom. The van der Waals surface area contributed by atoms with Gasteiger partial charge in [0.1, 0.15) is 10.5 Å². The Balaban J connectivity index is 1.56. The summed E-state index contributed by atoms with van der Waals surface area (Å²) < 4.78 is 4.30. The van der Waals surface area contributed by atoms with Crippen LogP contribution in [0, 0.1) is 0 Å². The first kappa shape index (κ1) is 19.3. The van der Waals surface area contributed by atoms with Crippen LogP contribution >= 0.6 is 11.3 Å². The SMILES string of the molecule is CCCCn1c(=O)c2sccc2n2c(CCC(=O)NCc3cccnc3)nnc12. The van der Waals surface area contributed by atoms with Gasteiger partial charge in [0.05, 0.1) is 5.52 Å². The predicted octanol–water partition coefficient (Wildman–Crippen LogP) is 2.55. The molecule has 4 rings (SSSR count). The molecule has 29 heavy (non-hydrogen) atoms. The third-order valence-corrected chi connectivity index (χ3v) is 5.69. The van der Waals surface area contributed by atoms with E-state index in [1.807, 2.05) is 28.0 Å². The van der Waals surface area contributed by atoms with Crippen molar-refractivity contribution in [3.63, 3.8) is 0 Å². The largest absolute Gasteiger partial charge is 0.352 e. The van der Waals surface area contributed by atoms with E-state index in [0.717, 1.165) is 23.9 Å². The van der Waals surface area contributed by atoms with Crippen molar-refractivity contribution in [1.82, 2.24) is 29.5 Å². The number of hydrogen-bond donors (Lipinski definition) is 1. The van der Waals surface area contributed by atoms with Crippen molar-refractivity contribution >= 4 is 33.2 Å². The molecule has 0 unspecified atom stereocenters. The molecule has 0 radical (unpaired) electrons. The summed E-state index contributed by atoms with van der Waals surface area (Å²) in [5, 5.41) is 13.4.